The maximum atomic E-state index is 6.20. The average Bonchev–Trinajstić information content (AvgIpc) is 2.30. The predicted molar refractivity (Wildman–Crippen MR) is 75.6 cm³/mol. The molecule has 0 atom stereocenters. The van der Waals surface area contributed by atoms with Crippen molar-refractivity contribution in [1.29, 1.82) is 0 Å². The molecule has 2 N–H and O–H groups in total. The Labute approximate surface area is 112 Å². The Morgan fingerprint density at radius 3 is 2.17 bits per heavy atom. The Morgan fingerprint density at radius 2 is 1.67 bits per heavy atom. The number of hydrogen-bond acceptors (Lipinski definition) is 3. The highest BCUT2D eigenvalue weighted by molar-refractivity contribution is 5.03. The lowest BCUT2D eigenvalue weighted by Gasteiger charge is -2.57. The summed E-state index contributed by atoms with van der Waals surface area (Å²) in [6.07, 6.45) is 5.05. The molecule has 2 rings (SSSR count). The number of hydrogen-bond donors (Lipinski definition) is 1. The molecule has 3 nitrogen and oxygen atoms in total. The number of nitrogens with two attached hydrogens (primary N) is 1. The maximum absolute atomic E-state index is 6.20. The molecule has 0 aromatic rings. The zero-order valence-electron chi connectivity index (χ0n) is 12.6. The molecule has 18 heavy (non-hydrogen) atoms. The van der Waals surface area contributed by atoms with E-state index in [-0.39, 0.29) is 11.1 Å². The molecular weight excluding hydrogens is 224 g/mol. The summed E-state index contributed by atoms with van der Waals surface area (Å²) < 4.78 is 5.65. The zero-order valence-corrected chi connectivity index (χ0v) is 12.6. The van der Waals surface area contributed by atoms with Crippen molar-refractivity contribution >= 4 is 0 Å². The quantitative estimate of drug-likeness (QED) is 0.822. The van der Waals surface area contributed by atoms with Crippen molar-refractivity contribution in [2.24, 2.45) is 11.1 Å². The second-order valence-electron chi connectivity index (χ2n) is 7.61. The Balaban J connectivity index is 2.17. The second-order valence-corrected chi connectivity index (χ2v) is 7.61. The summed E-state index contributed by atoms with van der Waals surface area (Å²) in [6.45, 7) is 12.9. The third-order valence-corrected chi connectivity index (χ3v) is 5.13. The lowest BCUT2D eigenvalue weighted by molar-refractivity contribution is -0.120. The predicted octanol–water partition coefficient (Wildman–Crippen LogP) is 2.39. The Morgan fingerprint density at radius 1 is 1.06 bits per heavy atom. The normalized spacial score (nSPS) is 31.2. The minimum absolute atomic E-state index is 0.124. The summed E-state index contributed by atoms with van der Waals surface area (Å²) in [5.74, 6) is 0. The van der Waals surface area contributed by atoms with Crippen molar-refractivity contribution in [2.45, 2.75) is 64.5 Å². The van der Waals surface area contributed by atoms with Gasteiger partial charge in [-0.3, -0.25) is 4.90 Å². The van der Waals surface area contributed by atoms with Gasteiger partial charge in [-0.1, -0.05) is 13.8 Å². The van der Waals surface area contributed by atoms with Gasteiger partial charge in [0.15, 0.2) is 0 Å². The SMILES string of the molecule is CC1(C)CCC(CN)(N2CCOCC2(C)C)CC1. The highest BCUT2D eigenvalue weighted by Gasteiger charge is 2.47. The van der Waals surface area contributed by atoms with Gasteiger partial charge in [-0.05, 0) is 44.9 Å². The Kier molecular flexibility index (Phi) is 3.79. The Bertz CT molecular complexity index is 289. The van der Waals surface area contributed by atoms with Crippen LogP contribution in [0.15, 0.2) is 0 Å². The van der Waals surface area contributed by atoms with E-state index in [0.29, 0.717) is 5.41 Å². The van der Waals surface area contributed by atoms with Crippen LogP contribution in [0.4, 0.5) is 0 Å². The van der Waals surface area contributed by atoms with E-state index in [1.807, 2.05) is 0 Å². The smallest absolute Gasteiger partial charge is 0.0645 e. The monoisotopic (exact) mass is 254 g/mol. The molecule has 0 unspecified atom stereocenters. The first-order valence-corrected chi connectivity index (χ1v) is 7.37. The third-order valence-electron chi connectivity index (χ3n) is 5.13. The summed E-state index contributed by atoms with van der Waals surface area (Å²) in [5.41, 5.74) is 7.03. The van der Waals surface area contributed by atoms with Gasteiger partial charge in [0.25, 0.3) is 0 Å². The summed E-state index contributed by atoms with van der Waals surface area (Å²) in [7, 11) is 0. The molecule has 0 radical (unpaired) electrons. The second kappa shape index (κ2) is 4.77. The van der Waals surface area contributed by atoms with Crippen LogP contribution in [0.25, 0.3) is 0 Å². The summed E-state index contributed by atoms with van der Waals surface area (Å²) in [6, 6.07) is 0. The van der Waals surface area contributed by atoms with E-state index >= 15 is 0 Å². The van der Waals surface area contributed by atoms with Crippen molar-refractivity contribution in [3.63, 3.8) is 0 Å². The van der Waals surface area contributed by atoms with Crippen LogP contribution in [-0.4, -0.2) is 42.3 Å². The van der Waals surface area contributed by atoms with Gasteiger partial charge in [-0.25, -0.2) is 0 Å². The van der Waals surface area contributed by atoms with Crippen molar-refractivity contribution in [3.05, 3.63) is 0 Å². The van der Waals surface area contributed by atoms with Crippen LogP contribution in [-0.2, 0) is 4.74 Å². The van der Waals surface area contributed by atoms with Crippen LogP contribution in [0.1, 0.15) is 53.4 Å². The molecule has 0 amide bonds. The third kappa shape index (κ3) is 2.59. The van der Waals surface area contributed by atoms with Crippen LogP contribution >= 0.6 is 0 Å². The minimum atomic E-state index is 0.124. The van der Waals surface area contributed by atoms with Gasteiger partial charge in [0.05, 0.1) is 13.2 Å². The standard InChI is InChI=1S/C15H30N2O/c1-13(2)5-7-15(11-16,8-6-13)17-9-10-18-12-14(17,3)4/h5-12,16H2,1-4H3. The number of nitrogens with zero attached hydrogens (tertiary/aromatic N) is 1. The van der Waals surface area contributed by atoms with Gasteiger partial charge in [0, 0.05) is 24.2 Å². The van der Waals surface area contributed by atoms with Crippen molar-refractivity contribution in [1.82, 2.24) is 4.90 Å². The van der Waals surface area contributed by atoms with Crippen LogP contribution in [0.3, 0.4) is 0 Å². The lowest BCUT2D eigenvalue weighted by Crippen LogP contribution is -2.67. The highest BCUT2D eigenvalue weighted by Crippen LogP contribution is 2.45. The molecule has 1 saturated heterocycles. The van der Waals surface area contributed by atoms with Crippen LogP contribution in [0.5, 0.6) is 0 Å². The zero-order chi connectivity index (χ0) is 13.4. The average molecular weight is 254 g/mol. The van der Waals surface area contributed by atoms with E-state index in [1.54, 1.807) is 0 Å². The topological polar surface area (TPSA) is 38.5 Å². The fourth-order valence-corrected chi connectivity index (χ4v) is 3.71. The summed E-state index contributed by atoms with van der Waals surface area (Å²) >= 11 is 0. The molecule has 1 heterocycles. The van der Waals surface area contributed by atoms with Crippen molar-refractivity contribution in [3.8, 4) is 0 Å². The van der Waals surface area contributed by atoms with Gasteiger partial charge in [-0.2, -0.15) is 0 Å². The molecule has 2 fully saturated rings. The van der Waals surface area contributed by atoms with E-state index in [0.717, 1.165) is 26.3 Å². The van der Waals surface area contributed by atoms with Gasteiger partial charge in [-0.15, -0.1) is 0 Å². The molecule has 106 valence electrons. The number of rotatable bonds is 2. The number of ether oxygens (including phenoxy) is 1. The molecule has 1 aliphatic heterocycles. The molecule has 0 bridgehead atoms. The van der Waals surface area contributed by atoms with Crippen LogP contribution in [0, 0.1) is 5.41 Å². The largest absolute Gasteiger partial charge is 0.378 e. The van der Waals surface area contributed by atoms with E-state index in [2.05, 4.69) is 32.6 Å². The minimum Gasteiger partial charge on any atom is -0.378 e. The first-order valence-electron chi connectivity index (χ1n) is 7.37. The fourth-order valence-electron chi connectivity index (χ4n) is 3.71. The Hall–Kier alpha value is -0.120. The van der Waals surface area contributed by atoms with E-state index in [9.17, 15) is 0 Å². The van der Waals surface area contributed by atoms with Crippen molar-refractivity contribution in [2.75, 3.05) is 26.3 Å². The van der Waals surface area contributed by atoms with E-state index in [4.69, 9.17) is 10.5 Å². The maximum Gasteiger partial charge on any atom is 0.0645 e. The molecular formula is C15H30N2O. The summed E-state index contributed by atoms with van der Waals surface area (Å²) in [5, 5.41) is 0. The molecule has 1 aliphatic carbocycles. The fraction of sp³-hybridized carbons (Fsp3) is 1.00. The van der Waals surface area contributed by atoms with Gasteiger partial charge in [0.2, 0.25) is 0 Å². The van der Waals surface area contributed by atoms with Crippen molar-refractivity contribution < 1.29 is 4.74 Å². The number of morpholine rings is 1. The molecule has 0 aromatic carbocycles. The first-order chi connectivity index (χ1) is 8.31. The molecule has 0 aromatic heterocycles. The van der Waals surface area contributed by atoms with Gasteiger partial charge in [0.1, 0.15) is 0 Å². The van der Waals surface area contributed by atoms with Gasteiger partial charge < -0.3 is 10.5 Å². The molecule has 3 heteroatoms. The van der Waals surface area contributed by atoms with E-state index < -0.39 is 0 Å². The highest BCUT2D eigenvalue weighted by atomic mass is 16.5. The molecule has 0 spiro atoms. The van der Waals surface area contributed by atoms with Gasteiger partial charge >= 0.3 is 0 Å². The molecule has 1 saturated carbocycles. The van der Waals surface area contributed by atoms with Crippen LogP contribution in [0.2, 0.25) is 0 Å². The van der Waals surface area contributed by atoms with E-state index in [1.165, 1.54) is 25.7 Å². The lowest BCUT2D eigenvalue weighted by atomic mass is 9.67. The molecule has 2 aliphatic rings. The van der Waals surface area contributed by atoms with Crippen LogP contribution < -0.4 is 5.73 Å². The first kappa shape index (κ1) is 14.3. The summed E-state index contributed by atoms with van der Waals surface area (Å²) in [4.78, 5) is 2.65.